The predicted octanol–water partition coefficient (Wildman–Crippen LogP) is 8.81. The number of esters is 1. The molecule has 0 bridgehead atoms. The molecule has 0 aliphatic carbocycles. The van der Waals surface area contributed by atoms with Gasteiger partial charge in [0.15, 0.2) is 0 Å². The zero-order valence-electron chi connectivity index (χ0n) is 21.3. The summed E-state index contributed by atoms with van der Waals surface area (Å²) in [6.07, 6.45) is 2.24. The smallest absolute Gasteiger partial charge is 0.302 e. The third-order valence-corrected chi connectivity index (χ3v) is 6.28. The molecule has 0 N–H and O–H groups in total. The maximum absolute atomic E-state index is 11.2. The minimum Gasteiger partial charge on any atom is -0.461 e. The SMILES string of the molecule is CC(=O)OCc1ccc(N(c2ccccc2)c2ccc(C=C(c3ccccc3)c3ccccc3)cc2)cc1. The lowest BCUT2D eigenvalue weighted by Gasteiger charge is -2.25. The van der Waals surface area contributed by atoms with Gasteiger partial charge in [0.05, 0.1) is 0 Å². The molecule has 0 fully saturated rings. The van der Waals surface area contributed by atoms with Gasteiger partial charge in [-0.1, -0.05) is 103 Å². The van der Waals surface area contributed by atoms with Gasteiger partial charge in [0.2, 0.25) is 0 Å². The third kappa shape index (κ3) is 6.08. The number of carbonyl (C=O) groups is 1. The van der Waals surface area contributed by atoms with Crippen LogP contribution in [0.2, 0.25) is 0 Å². The molecule has 0 heterocycles. The molecule has 0 radical (unpaired) electrons. The first-order chi connectivity index (χ1) is 18.7. The van der Waals surface area contributed by atoms with Crippen LogP contribution in [0.4, 0.5) is 17.1 Å². The summed E-state index contributed by atoms with van der Waals surface area (Å²) in [6, 6.07) is 48.0. The maximum atomic E-state index is 11.2. The van der Waals surface area contributed by atoms with Crippen molar-refractivity contribution in [1.82, 2.24) is 0 Å². The molecule has 0 atom stereocenters. The Morgan fingerprint density at radius 1 is 0.605 bits per heavy atom. The topological polar surface area (TPSA) is 29.5 Å². The van der Waals surface area contributed by atoms with Crippen LogP contribution in [0.25, 0.3) is 11.6 Å². The van der Waals surface area contributed by atoms with Crippen molar-refractivity contribution in [3.63, 3.8) is 0 Å². The molecular formula is C35H29NO2. The molecule has 0 spiro atoms. The molecule has 0 saturated carbocycles. The van der Waals surface area contributed by atoms with E-state index in [1.165, 1.54) is 23.6 Å². The van der Waals surface area contributed by atoms with E-state index in [2.05, 4.69) is 108 Å². The largest absolute Gasteiger partial charge is 0.461 e. The molecule has 186 valence electrons. The molecule has 0 saturated heterocycles. The highest BCUT2D eigenvalue weighted by Crippen LogP contribution is 2.35. The Morgan fingerprint density at radius 2 is 1.05 bits per heavy atom. The van der Waals surface area contributed by atoms with Crippen molar-refractivity contribution in [2.45, 2.75) is 13.5 Å². The Bertz CT molecular complexity index is 1450. The molecule has 0 unspecified atom stereocenters. The highest BCUT2D eigenvalue weighted by molar-refractivity contribution is 5.91. The van der Waals surface area contributed by atoms with Crippen molar-refractivity contribution < 1.29 is 9.53 Å². The number of hydrogen-bond donors (Lipinski definition) is 0. The predicted molar refractivity (Wildman–Crippen MR) is 156 cm³/mol. The summed E-state index contributed by atoms with van der Waals surface area (Å²) in [4.78, 5) is 13.4. The molecule has 0 amide bonds. The Balaban J connectivity index is 1.49. The monoisotopic (exact) mass is 495 g/mol. The van der Waals surface area contributed by atoms with E-state index in [9.17, 15) is 4.79 Å². The lowest BCUT2D eigenvalue weighted by Crippen LogP contribution is -2.10. The molecule has 0 aliphatic rings. The second-order valence-corrected chi connectivity index (χ2v) is 9.00. The van der Waals surface area contributed by atoms with Gasteiger partial charge in [0.1, 0.15) is 6.61 Å². The second kappa shape index (κ2) is 11.9. The Morgan fingerprint density at radius 3 is 1.55 bits per heavy atom. The van der Waals surface area contributed by atoms with Crippen molar-refractivity contribution in [3.05, 3.63) is 162 Å². The number of para-hydroxylation sites is 1. The molecule has 0 aromatic heterocycles. The summed E-state index contributed by atoms with van der Waals surface area (Å²) in [5.74, 6) is -0.281. The lowest BCUT2D eigenvalue weighted by atomic mass is 9.95. The van der Waals surface area contributed by atoms with E-state index < -0.39 is 0 Å². The van der Waals surface area contributed by atoms with Crippen LogP contribution in [0.15, 0.2) is 140 Å². The van der Waals surface area contributed by atoms with E-state index in [0.717, 1.165) is 28.2 Å². The molecule has 5 aromatic rings. The van der Waals surface area contributed by atoms with Gasteiger partial charge >= 0.3 is 5.97 Å². The van der Waals surface area contributed by atoms with Crippen LogP contribution in [-0.2, 0) is 16.1 Å². The van der Waals surface area contributed by atoms with Crippen LogP contribution >= 0.6 is 0 Å². The van der Waals surface area contributed by atoms with E-state index in [1.807, 2.05) is 42.5 Å². The summed E-state index contributed by atoms with van der Waals surface area (Å²) in [5.41, 5.74) is 8.78. The van der Waals surface area contributed by atoms with Gasteiger partial charge < -0.3 is 9.64 Å². The van der Waals surface area contributed by atoms with E-state index >= 15 is 0 Å². The number of rotatable bonds is 8. The normalized spacial score (nSPS) is 10.4. The van der Waals surface area contributed by atoms with Crippen LogP contribution in [0.5, 0.6) is 0 Å². The number of hydrogen-bond acceptors (Lipinski definition) is 3. The van der Waals surface area contributed by atoms with Gasteiger partial charge in [-0.3, -0.25) is 4.79 Å². The van der Waals surface area contributed by atoms with E-state index in [0.29, 0.717) is 0 Å². The fourth-order valence-electron chi connectivity index (χ4n) is 4.41. The summed E-state index contributed by atoms with van der Waals surface area (Å²) in [6.45, 7) is 1.69. The van der Waals surface area contributed by atoms with Gasteiger partial charge in [-0.15, -0.1) is 0 Å². The first-order valence-corrected chi connectivity index (χ1v) is 12.7. The average molecular weight is 496 g/mol. The van der Waals surface area contributed by atoms with Crippen molar-refractivity contribution >= 4 is 34.7 Å². The fourth-order valence-corrected chi connectivity index (χ4v) is 4.41. The van der Waals surface area contributed by atoms with Crippen molar-refractivity contribution in [2.24, 2.45) is 0 Å². The number of anilines is 3. The van der Waals surface area contributed by atoms with Gasteiger partial charge in [-0.25, -0.2) is 0 Å². The molecular weight excluding hydrogens is 466 g/mol. The molecule has 38 heavy (non-hydrogen) atoms. The summed E-state index contributed by atoms with van der Waals surface area (Å²) < 4.78 is 5.15. The molecule has 3 nitrogen and oxygen atoms in total. The Kier molecular flexibility index (Phi) is 7.76. The number of ether oxygens (including phenoxy) is 1. The third-order valence-electron chi connectivity index (χ3n) is 6.28. The summed E-state index contributed by atoms with van der Waals surface area (Å²) in [5, 5.41) is 0. The second-order valence-electron chi connectivity index (χ2n) is 9.00. The van der Waals surface area contributed by atoms with Gasteiger partial charge in [-0.05, 0) is 70.3 Å². The van der Waals surface area contributed by atoms with Crippen molar-refractivity contribution in [1.29, 1.82) is 0 Å². The Labute approximate surface area is 224 Å². The highest BCUT2D eigenvalue weighted by atomic mass is 16.5. The minimum atomic E-state index is -0.281. The number of benzene rings is 5. The van der Waals surface area contributed by atoms with Gasteiger partial charge in [-0.2, -0.15) is 0 Å². The zero-order valence-corrected chi connectivity index (χ0v) is 21.3. The quantitative estimate of drug-likeness (QED) is 0.159. The number of nitrogens with zero attached hydrogens (tertiary/aromatic N) is 1. The van der Waals surface area contributed by atoms with Crippen LogP contribution in [0, 0.1) is 0 Å². The van der Waals surface area contributed by atoms with Crippen LogP contribution in [0.3, 0.4) is 0 Å². The fraction of sp³-hybridized carbons (Fsp3) is 0.0571. The van der Waals surface area contributed by atoms with Gasteiger partial charge in [0.25, 0.3) is 0 Å². The minimum absolute atomic E-state index is 0.271. The standard InChI is InChI=1S/C35H29NO2/c1-27(37)38-26-29-19-23-34(24-20-29)36(32-15-9-4-10-16-32)33-21-17-28(18-22-33)25-35(30-11-5-2-6-12-30)31-13-7-3-8-14-31/h2-25H,26H2,1H3. The van der Waals surface area contributed by atoms with Crippen LogP contribution in [-0.4, -0.2) is 5.97 Å². The first-order valence-electron chi connectivity index (χ1n) is 12.7. The van der Waals surface area contributed by atoms with E-state index in [4.69, 9.17) is 4.74 Å². The van der Waals surface area contributed by atoms with Gasteiger partial charge in [0, 0.05) is 24.0 Å². The van der Waals surface area contributed by atoms with Crippen molar-refractivity contribution in [2.75, 3.05) is 4.90 Å². The zero-order chi connectivity index (χ0) is 26.2. The summed E-state index contributed by atoms with van der Waals surface area (Å²) in [7, 11) is 0. The molecule has 3 heteroatoms. The lowest BCUT2D eigenvalue weighted by molar-refractivity contribution is -0.142. The number of carbonyl (C=O) groups excluding carboxylic acids is 1. The molecule has 5 rings (SSSR count). The van der Waals surface area contributed by atoms with Crippen LogP contribution in [0.1, 0.15) is 29.2 Å². The molecule has 5 aromatic carbocycles. The van der Waals surface area contributed by atoms with E-state index in [1.54, 1.807) is 0 Å². The van der Waals surface area contributed by atoms with Crippen LogP contribution < -0.4 is 4.90 Å². The Hall–Kier alpha value is -4.89. The maximum Gasteiger partial charge on any atom is 0.302 e. The molecule has 0 aliphatic heterocycles. The highest BCUT2D eigenvalue weighted by Gasteiger charge is 2.13. The average Bonchev–Trinajstić information content (AvgIpc) is 2.98. The van der Waals surface area contributed by atoms with E-state index in [-0.39, 0.29) is 12.6 Å². The first kappa shape index (κ1) is 24.8. The summed E-state index contributed by atoms with van der Waals surface area (Å²) >= 11 is 0. The van der Waals surface area contributed by atoms with Crippen molar-refractivity contribution in [3.8, 4) is 0 Å².